The lowest BCUT2D eigenvalue weighted by Gasteiger charge is -2.37. The molecule has 2 aliphatic rings. The third-order valence-corrected chi connectivity index (χ3v) is 7.33. The Morgan fingerprint density at radius 3 is 2.38 bits per heavy atom. The lowest BCUT2D eigenvalue weighted by Crippen LogP contribution is -2.52. The highest BCUT2D eigenvalue weighted by Crippen LogP contribution is 2.25. The molecular weight excluding hydrogens is 388 g/mol. The largest absolute Gasteiger partial charge is 0.354 e. The van der Waals surface area contributed by atoms with Crippen LogP contribution in [-0.2, 0) is 14.6 Å². The third kappa shape index (κ3) is 4.76. The van der Waals surface area contributed by atoms with Gasteiger partial charge in [-0.05, 0) is 30.7 Å². The molecule has 0 N–H and O–H groups in total. The van der Waals surface area contributed by atoms with E-state index in [4.69, 9.17) is 0 Å². The standard InChI is InChI=1S/C21H26N4O3S/c26-21(16-23-11-13-24(14-12-23)20-8-4-5-10-22-20)25(18-6-2-1-3-7-18)19-9-15-29(27,28)17-19/h1-8,10,19H,9,11-17H2. The van der Waals surface area contributed by atoms with E-state index in [0.29, 0.717) is 13.0 Å². The number of anilines is 2. The van der Waals surface area contributed by atoms with Crippen molar-refractivity contribution in [1.29, 1.82) is 0 Å². The Hall–Kier alpha value is -2.45. The maximum absolute atomic E-state index is 13.2. The number of amides is 1. The number of carbonyl (C=O) groups excluding carboxylic acids is 1. The molecule has 2 fully saturated rings. The molecule has 0 bridgehead atoms. The van der Waals surface area contributed by atoms with Gasteiger partial charge >= 0.3 is 0 Å². The maximum Gasteiger partial charge on any atom is 0.241 e. The zero-order valence-corrected chi connectivity index (χ0v) is 17.2. The normalized spacial score (nSPS) is 21.8. The van der Waals surface area contributed by atoms with Gasteiger partial charge in [-0.3, -0.25) is 9.69 Å². The molecule has 29 heavy (non-hydrogen) atoms. The molecule has 0 radical (unpaired) electrons. The molecule has 1 aromatic heterocycles. The summed E-state index contributed by atoms with van der Waals surface area (Å²) in [6, 6.07) is 15.0. The van der Waals surface area contributed by atoms with Crippen LogP contribution in [0.3, 0.4) is 0 Å². The topological polar surface area (TPSA) is 73.8 Å². The first kappa shape index (κ1) is 19.8. The molecule has 154 valence electrons. The van der Waals surface area contributed by atoms with Crippen LogP contribution in [0.15, 0.2) is 54.7 Å². The summed E-state index contributed by atoms with van der Waals surface area (Å²) in [6.07, 6.45) is 2.29. The number of piperazine rings is 1. The molecule has 2 aliphatic heterocycles. The molecule has 1 aromatic carbocycles. The molecule has 4 rings (SSSR count). The minimum absolute atomic E-state index is 0.0374. The van der Waals surface area contributed by atoms with Gasteiger partial charge in [0.05, 0.1) is 24.1 Å². The van der Waals surface area contributed by atoms with E-state index in [2.05, 4.69) is 14.8 Å². The molecule has 1 unspecified atom stereocenters. The summed E-state index contributed by atoms with van der Waals surface area (Å²) in [5.41, 5.74) is 0.770. The zero-order chi connectivity index (χ0) is 20.3. The van der Waals surface area contributed by atoms with Crippen molar-refractivity contribution in [2.75, 3.05) is 54.0 Å². The first-order valence-electron chi connectivity index (χ1n) is 9.98. The van der Waals surface area contributed by atoms with Gasteiger partial charge in [0.1, 0.15) is 5.82 Å². The monoisotopic (exact) mass is 414 g/mol. The SMILES string of the molecule is O=C(CN1CCN(c2ccccn2)CC1)N(c1ccccc1)C1CCS(=O)(=O)C1. The highest BCUT2D eigenvalue weighted by atomic mass is 32.2. The van der Waals surface area contributed by atoms with Crippen LogP contribution in [0.4, 0.5) is 11.5 Å². The van der Waals surface area contributed by atoms with Gasteiger partial charge < -0.3 is 9.80 Å². The van der Waals surface area contributed by atoms with Crippen LogP contribution in [0, 0.1) is 0 Å². The van der Waals surface area contributed by atoms with Gasteiger partial charge in [-0.2, -0.15) is 0 Å². The number of hydrogen-bond donors (Lipinski definition) is 0. The quantitative estimate of drug-likeness (QED) is 0.737. The fourth-order valence-corrected chi connectivity index (χ4v) is 5.77. The van der Waals surface area contributed by atoms with Crippen molar-refractivity contribution in [3.8, 4) is 0 Å². The lowest BCUT2D eigenvalue weighted by atomic mass is 10.1. The van der Waals surface area contributed by atoms with Crippen LogP contribution in [0.5, 0.6) is 0 Å². The fraction of sp³-hybridized carbons (Fsp3) is 0.429. The predicted molar refractivity (Wildman–Crippen MR) is 114 cm³/mol. The number of pyridine rings is 1. The molecule has 2 saturated heterocycles. The van der Waals surface area contributed by atoms with Gasteiger partial charge in [0.2, 0.25) is 5.91 Å². The van der Waals surface area contributed by atoms with E-state index >= 15 is 0 Å². The number of nitrogens with zero attached hydrogens (tertiary/aromatic N) is 4. The second kappa shape index (κ2) is 8.51. The van der Waals surface area contributed by atoms with E-state index in [1.54, 1.807) is 11.1 Å². The van der Waals surface area contributed by atoms with Gasteiger partial charge in [0.15, 0.2) is 9.84 Å². The van der Waals surface area contributed by atoms with Gasteiger partial charge in [-0.25, -0.2) is 13.4 Å². The van der Waals surface area contributed by atoms with Crippen LogP contribution in [0.25, 0.3) is 0 Å². The van der Waals surface area contributed by atoms with Gasteiger partial charge in [-0.15, -0.1) is 0 Å². The number of sulfone groups is 1. The Kier molecular flexibility index (Phi) is 5.82. The van der Waals surface area contributed by atoms with E-state index in [9.17, 15) is 13.2 Å². The molecule has 0 aliphatic carbocycles. The van der Waals surface area contributed by atoms with E-state index in [1.165, 1.54) is 0 Å². The van der Waals surface area contributed by atoms with E-state index in [-0.39, 0.29) is 23.5 Å². The average molecular weight is 415 g/mol. The van der Waals surface area contributed by atoms with Crippen LogP contribution >= 0.6 is 0 Å². The summed E-state index contributed by atoms with van der Waals surface area (Å²) in [4.78, 5) is 23.7. The summed E-state index contributed by atoms with van der Waals surface area (Å²) in [5, 5.41) is 0. The minimum atomic E-state index is -3.07. The first-order valence-corrected chi connectivity index (χ1v) is 11.8. The number of aromatic nitrogens is 1. The van der Waals surface area contributed by atoms with Crippen LogP contribution in [0.1, 0.15) is 6.42 Å². The van der Waals surface area contributed by atoms with Crippen molar-refractivity contribution in [2.24, 2.45) is 0 Å². The number of para-hydroxylation sites is 1. The molecule has 0 saturated carbocycles. The molecule has 2 aromatic rings. The van der Waals surface area contributed by atoms with Crippen molar-refractivity contribution >= 4 is 27.2 Å². The number of rotatable bonds is 5. The first-order chi connectivity index (χ1) is 14.0. The smallest absolute Gasteiger partial charge is 0.241 e. The Morgan fingerprint density at radius 2 is 1.76 bits per heavy atom. The van der Waals surface area contributed by atoms with Crippen LogP contribution < -0.4 is 9.80 Å². The molecule has 1 atom stereocenters. The number of benzene rings is 1. The van der Waals surface area contributed by atoms with Crippen molar-refractivity contribution in [2.45, 2.75) is 12.5 Å². The molecule has 0 spiro atoms. The van der Waals surface area contributed by atoms with Crippen LogP contribution in [-0.4, -0.2) is 74.5 Å². The van der Waals surface area contributed by atoms with Crippen molar-refractivity contribution in [3.63, 3.8) is 0 Å². The van der Waals surface area contributed by atoms with Gasteiger partial charge in [-0.1, -0.05) is 24.3 Å². The zero-order valence-electron chi connectivity index (χ0n) is 16.4. The Labute approximate surface area is 171 Å². The minimum Gasteiger partial charge on any atom is -0.354 e. The lowest BCUT2D eigenvalue weighted by molar-refractivity contribution is -0.120. The molecule has 3 heterocycles. The summed E-state index contributed by atoms with van der Waals surface area (Å²) in [5.74, 6) is 1.11. The fourth-order valence-electron chi connectivity index (χ4n) is 4.07. The van der Waals surface area contributed by atoms with E-state index in [1.807, 2.05) is 48.5 Å². The number of carbonyl (C=O) groups is 1. The number of hydrogen-bond acceptors (Lipinski definition) is 6. The predicted octanol–water partition coefficient (Wildman–Crippen LogP) is 1.42. The Morgan fingerprint density at radius 1 is 1.03 bits per heavy atom. The Bertz CT molecular complexity index is 929. The molecule has 7 nitrogen and oxygen atoms in total. The van der Waals surface area contributed by atoms with Crippen molar-refractivity contribution in [3.05, 3.63) is 54.7 Å². The van der Waals surface area contributed by atoms with E-state index < -0.39 is 9.84 Å². The Balaban J connectivity index is 1.42. The molecule has 8 heteroatoms. The summed E-state index contributed by atoms with van der Waals surface area (Å²) < 4.78 is 24.0. The van der Waals surface area contributed by atoms with E-state index in [0.717, 1.165) is 37.7 Å². The van der Waals surface area contributed by atoms with Crippen LogP contribution in [0.2, 0.25) is 0 Å². The summed E-state index contributed by atoms with van der Waals surface area (Å²) in [7, 11) is -3.07. The average Bonchev–Trinajstić information content (AvgIpc) is 3.09. The summed E-state index contributed by atoms with van der Waals surface area (Å²) in [6.45, 7) is 3.46. The maximum atomic E-state index is 13.2. The second-order valence-corrected chi connectivity index (χ2v) is 9.84. The van der Waals surface area contributed by atoms with Crippen molar-refractivity contribution in [1.82, 2.24) is 9.88 Å². The highest BCUT2D eigenvalue weighted by Gasteiger charge is 2.36. The highest BCUT2D eigenvalue weighted by molar-refractivity contribution is 7.91. The molecule has 1 amide bonds. The second-order valence-electron chi connectivity index (χ2n) is 7.61. The van der Waals surface area contributed by atoms with Gasteiger partial charge in [0.25, 0.3) is 0 Å². The molecular formula is C21H26N4O3S. The summed E-state index contributed by atoms with van der Waals surface area (Å²) >= 11 is 0. The van der Waals surface area contributed by atoms with Crippen molar-refractivity contribution < 1.29 is 13.2 Å². The third-order valence-electron chi connectivity index (χ3n) is 5.58. The van der Waals surface area contributed by atoms with Gasteiger partial charge in [0, 0.05) is 38.1 Å².